The van der Waals surface area contributed by atoms with E-state index in [1.807, 2.05) is 47.4 Å². The number of para-hydroxylation sites is 1. The molecule has 1 saturated heterocycles. The van der Waals surface area contributed by atoms with E-state index in [2.05, 4.69) is 37.4 Å². The summed E-state index contributed by atoms with van der Waals surface area (Å²) in [6, 6.07) is 20.2. The lowest BCUT2D eigenvalue weighted by molar-refractivity contribution is 0.0424. The Bertz CT molecular complexity index is 1120. The van der Waals surface area contributed by atoms with Gasteiger partial charge in [-0.25, -0.2) is 0 Å². The molecule has 2 aliphatic heterocycles. The summed E-state index contributed by atoms with van der Waals surface area (Å²) in [4.78, 5) is 15.6. The number of carbonyl (C=O) groups is 1. The van der Waals surface area contributed by atoms with Crippen molar-refractivity contribution in [2.45, 2.75) is 51.5 Å². The van der Waals surface area contributed by atoms with Gasteiger partial charge in [0.1, 0.15) is 11.9 Å². The fourth-order valence-corrected chi connectivity index (χ4v) is 4.68. The fourth-order valence-electron chi connectivity index (χ4n) is 4.68. The third-order valence-corrected chi connectivity index (χ3v) is 6.55. The minimum absolute atomic E-state index is 0.0299. The van der Waals surface area contributed by atoms with Crippen LogP contribution in [0.15, 0.2) is 60.7 Å². The van der Waals surface area contributed by atoms with Crippen molar-refractivity contribution in [3.8, 4) is 5.75 Å². The number of nitrogens with zero attached hydrogens (tertiary/aromatic N) is 1. The minimum Gasteiger partial charge on any atom is -0.490 e. The Kier molecular flexibility index (Phi) is 5.75. The summed E-state index contributed by atoms with van der Waals surface area (Å²) < 4.78 is 12.3. The zero-order chi connectivity index (χ0) is 22.1. The zero-order valence-corrected chi connectivity index (χ0v) is 18.7. The molecule has 3 aromatic carbocycles. The van der Waals surface area contributed by atoms with E-state index >= 15 is 0 Å². The highest BCUT2D eigenvalue weighted by atomic mass is 16.5. The highest BCUT2D eigenvalue weighted by molar-refractivity contribution is 6.02. The maximum Gasteiger partial charge on any atom is 0.257 e. The maximum atomic E-state index is 13.7. The van der Waals surface area contributed by atoms with Crippen LogP contribution in [-0.4, -0.2) is 36.2 Å². The van der Waals surface area contributed by atoms with Gasteiger partial charge in [-0.1, -0.05) is 49.4 Å². The van der Waals surface area contributed by atoms with Crippen LogP contribution in [0, 0.1) is 0 Å². The highest BCUT2D eigenvalue weighted by Gasteiger charge is 2.37. The number of ether oxygens (including phenoxy) is 2. The Labute approximate surface area is 189 Å². The van der Waals surface area contributed by atoms with Gasteiger partial charge in [0.15, 0.2) is 0 Å². The second-order valence-electron chi connectivity index (χ2n) is 8.72. The van der Waals surface area contributed by atoms with Crippen molar-refractivity contribution in [1.29, 1.82) is 0 Å². The third-order valence-electron chi connectivity index (χ3n) is 6.55. The minimum atomic E-state index is -0.341. The Morgan fingerprint density at radius 1 is 1.12 bits per heavy atom. The number of benzene rings is 3. The fraction of sp³-hybridized carbons (Fsp3) is 0.370. The van der Waals surface area contributed by atoms with Crippen LogP contribution in [0.25, 0.3) is 10.8 Å². The first-order valence-electron chi connectivity index (χ1n) is 11.6. The van der Waals surface area contributed by atoms with Crippen LogP contribution in [0.3, 0.4) is 0 Å². The van der Waals surface area contributed by atoms with Crippen molar-refractivity contribution in [2.24, 2.45) is 0 Å². The van der Waals surface area contributed by atoms with Gasteiger partial charge in [-0.15, -0.1) is 0 Å². The number of nitrogens with one attached hydrogen (secondary N) is 1. The van der Waals surface area contributed by atoms with Crippen LogP contribution in [0.4, 0.5) is 5.69 Å². The molecule has 3 unspecified atom stereocenters. The van der Waals surface area contributed by atoms with Gasteiger partial charge in [0.2, 0.25) is 0 Å². The molecule has 5 rings (SSSR count). The second-order valence-corrected chi connectivity index (χ2v) is 8.72. The van der Waals surface area contributed by atoms with Crippen LogP contribution >= 0.6 is 0 Å². The molecule has 0 aromatic heterocycles. The Balaban J connectivity index is 1.66. The lowest BCUT2D eigenvalue weighted by atomic mass is 9.96. The molecule has 3 atom stereocenters. The topological polar surface area (TPSA) is 50.8 Å². The number of anilines is 1. The van der Waals surface area contributed by atoms with Gasteiger partial charge in [0.25, 0.3) is 5.91 Å². The molecule has 2 aliphatic rings. The van der Waals surface area contributed by atoms with Crippen LogP contribution in [0.2, 0.25) is 0 Å². The second kappa shape index (κ2) is 8.83. The standard InChI is InChI=1S/C27H30N2O3/c1-3-18(2)32-24-15-14-19-9-4-5-11-21(19)25(24)26-28-23-13-7-6-12-22(23)27(30)29(26)17-20-10-8-16-31-20/h4-7,9,11-15,18,20,26,28H,3,8,10,16-17H2,1-2H3. The van der Waals surface area contributed by atoms with E-state index in [0.717, 1.165) is 53.6 Å². The van der Waals surface area contributed by atoms with Crippen LogP contribution in [-0.2, 0) is 4.74 Å². The maximum absolute atomic E-state index is 13.7. The molecule has 0 aliphatic carbocycles. The molecule has 5 nitrogen and oxygen atoms in total. The molecular weight excluding hydrogens is 400 g/mol. The van der Waals surface area contributed by atoms with Crippen molar-refractivity contribution in [3.05, 3.63) is 71.8 Å². The van der Waals surface area contributed by atoms with E-state index in [1.165, 1.54) is 0 Å². The quantitative estimate of drug-likeness (QED) is 0.540. The summed E-state index contributed by atoms with van der Waals surface area (Å²) >= 11 is 0. The molecule has 3 aromatic rings. The molecule has 5 heteroatoms. The highest BCUT2D eigenvalue weighted by Crippen LogP contribution is 2.41. The molecule has 0 saturated carbocycles. The van der Waals surface area contributed by atoms with Gasteiger partial charge in [-0.3, -0.25) is 4.79 Å². The van der Waals surface area contributed by atoms with Crippen LogP contribution in [0.5, 0.6) is 5.75 Å². The number of amides is 1. The van der Waals surface area contributed by atoms with Crippen molar-refractivity contribution in [1.82, 2.24) is 4.90 Å². The predicted molar refractivity (Wildman–Crippen MR) is 127 cm³/mol. The molecule has 0 bridgehead atoms. The first kappa shape index (κ1) is 20.8. The molecule has 0 spiro atoms. The monoisotopic (exact) mass is 430 g/mol. The predicted octanol–water partition coefficient (Wildman–Crippen LogP) is 5.76. The van der Waals surface area contributed by atoms with E-state index in [4.69, 9.17) is 9.47 Å². The van der Waals surface area contributed by atoms with Crippen molar-refractivity contribution >= 4 is 22.4 Å². The Morgan fingerprint density at radius 3 is 2.75 bits per heavy atom. The summed E-state index contributed by atoms with van der Waals surface area (Å²) in [5.74, 6) is 0.849. The average molecular weight is 431 g/mol. The number of hydrogen-bond donors (Lipinski definition) is 1. The molecular formula is C27H30N2O3. The van der Waals surface area contributed by atoms with E-state index < -0.39 is 0 Å². The van der Waals surface area contributed by atoms with Gasteiger partial charge in [-0.05, 0) is 55.2 Å². The third kappa shape index (κ3) is 3.82. The summed E-state index contributed by atoms with van der Waals surface area (Å²) in [5.41, 5.74) is 2.56. The van der Waals surface area contributed by atoms with E-state index in [-0.39, 0.29) is 24.3 Å². The number of fused-ring (bicyclic) bond motifs is 2. The lowest BCUT2D eigenvalue weighted by Crippen LogP contribution is -2.46. The van der Waals surface area contributed by atoms with Gasteiger partial charge in [0, 0.05) is 24.4 Å². The number of hydrogen-bond acceptors (Lipinski definition) is 4. The van der Waals surface area contributed by atoms with Crippen LogP contribution < -0.4 is 10.1 Å². The molecule has 1 fully saturated rings. The Morgan fingerprint density at radius 2 is 1.94 bits per heavy atom. The summed E-state index contributed by atoms with van der Waals surface area (Å²) in [7, 11) is 0. The van der Waals surface area contributed by atoms with E-state index in [9.17, 15) is 4.79 Å². The van der Waals surface area contributed by atoms with Crippen molar-refractivity contribution in [3.63, 3.8) is 0 Å². The largest absolute Gasteiger partial charge is 0.490 e. The molecule has 32 heavy (non-hydrogen) atoms. The van der Waals surface area contributed by atoms with E-state index in [1.54, 1.807) is 0 Å². The summed E-state index contributed by atoms with van der Waals surface area (Å²) in [6.45, 7) is 5.51. The number of carbonyl (C=O) groups excluding carboxylic acids is 1. The zero-order valence-electron chi connectivity index (χ0n) is 18.7. The van der Waals surface area contributed by atoms with E-state index in [0.29, 0.717) is 12.1 Å². The number of rotatable bonds is 6. The van der Waals surface area contributed by atoms with Crippen molar-refractivity contribution in [2.75, 3.05) is 18.5 Å². The molecule has 0 radical (unpaired) electrons. The average Bonchev–Trinajstić information content (AvgIpc) is 3.34. The first-order chi connectivity index (χ1) is 15.7. The summed E-state index contributed by atoms with van der Waals surface area (Å²) in [6.07, 6.45) is 2.72. The Hall–Kier alpha value is -3.05. The smallest absolute Gasteiger partial charge is 0.257 e. The normalized spacial score (nSPS) is 21.3. The van der Waals surface area contributed by atoms with Gasteiger partial charge in [0.05, 0.1) is 17.8 Å². The van der Waals surface area contributed by atoms with Crippen molar-refractivity contribution < 1.29 is 14.3 Å². The van der Waals surface area contributed by atoms with Crippen LogP contribution in [0.1, 0.15) is 55.2 Å². The molecule has 166 valence electrons. The lowest BCUT2D eigenvalue weighted by Gasteiger charge is -2.40. The van der Waals surface area contributed by atoms with Gasteiger partial charge in [-0.2, -0.15) is 0 Å². The molecule has 2 heterocycles. The first-order valence-corrected chi connectivity index (χ1v) is 11.6. The summed E-state index contributed by atoms with van der Waals surface area (Å²) in [5, 5.41) is 5.88. The molecule has 1 amide bonds. The SMILES string of the molecule is CCC(C)Oc1ccc2ccccc2c1C1Nc2ccccc2C(=O)N1CC1CCCO1. The van der Waals surface area contributed by atoms with Gasteiger partial charge >= 0.3 is 0 Å². The molecule has 1 N–H and O–H groups in total. The van der Waals surface area contributed by atoms with Gasteiger partial charge < -0.3 is 19.7 Å².